The van der Waals surface area contributed by atoms with Gasteiger partial charge < -0.3 is 23.7 Å². The van der Waals surface area contributed by atoms with Crippen molar-refractivity contribution in [2.45, 2.75) is 24.7 Å². The first-order chi connectivity index (χ1) is 69.8. The van der Waals surface area contributed by atoms with Crippen molar-refractivity contribution in [3.05, 3.63) is 554 Å². The second-order valence-corrected chi connectivity index (χ2v) is 38.3. The Balaban J connectivity index is 0.000000107. The first kappa shape index (κ1) is 81.2. The molecule has 5 heteroatoms. The van der Waals surface area contributed by atoms with Gasteiger partial charge in [-0.2, -0.15) is 0 Å². The number of fused-ring (bicyclic) bond motifs is 34. The zero-order chi connectivity index (χ0) is 93.1. The molecule has 5 nitrogen and oxygen atoms in total. The highest BCUT2D eigenvalue weighted by atomic mass is 16.5. The van der Waals surface area contributed by atoms with Gasteiger partial charge in [0.1, 0.15) is 11.5 Å². The molecule has 0 N–H and O–H groups in total. The van der Waals surface area contributed by atoms with Crippen molar-refractivity contribution in [2.24, 2.45) is 0 Å². The lowest BCUT2D eigenvalue weighted by Crippen LogP contribution is -2.25. The van der Waals surface area contributed by atoms with E-state index in [1.165, 1.54) is 205 Å². The third-order valence-electron chi connectivity index (χ3n) is 30.5. The van der Waals surface area contributed by atoms with Crippen molar-refractivity contribution in [3.8, 4) is 123 Å². The van der Waals surface area contributed by atoms with E-state index in [2.05, 4.69) is 530 Å². The number of benzene rings is 22. The van der Waals surface area contributed by atoms with Crippen LogP contribution in [-0.2, 0) is 10.8 Å². The van der Waals surface area contributed by atoms with Crippen molar-refractivity contribution in [3.63, 3.8) is 0 Å². The molecular formula is C136H90N4O. The maximum Gasteiger partial charge on any atom is 0.136 e. The zero-order valence-corrected chi connectivity index (χ0v) is 77.7. The summed E-state index contributed by atoms with van der Waals surface area (Å²) in [6.45, 7) is 4.77. The second kappa shape index (κ2) is 32.3. The predicted octanol–water partition coefficient (Wildman–Crippen LogP) is 36.3. The van der Waals surface area contributed by atoms with Crippen LogP contribution in [0.5, 0.6) is 11.5 Å². The van der Waals surface area contributed by atoms with Gasteiger partial charge in [0.25, 0.3) is 0 Å². The van der Waals surface area contributed by atoms with Gasteiger partial charge in [-0.25, -0.2) is 0 Å². The molecule has 0 saturated carbocycles. The summed E-state index contributed by atoms with van der Waals surface area (Å²) in [5.74, 6) is 1.75. The first-order valence-corrected chi connectivity index (χ1v) is 48.9. The largest absolute Gasteiger partial charge is 0.456 e. The van der Waals surface area contributed by atoms with Gasteiger partial charge in [0.05, 0.1) is 50.6 Å². The molecule has 0 unspecified atom stereocenters. The third-order valence-corrected chi connectivity index (χ3v) is 30.5. The van der Waals surface area contributed by atoms with E-state index in [4.69, 9.17) is 4.74 Å². The Morgan fingerprint density at radius 3 is 1.23 bits per heavy atom. The van der Waals surface area contributed by atoms with Crippen LogP contribution in [0.4, 0.5) is 34.1 Å². The number of rotatable bonds is 7. The minimum atomic E-state index is -0.386. The lowest BCUT2D eigenvalue weighted by Gasteiger charge is -2.31. The number of hydrogen-bond acceptors (Lipinski definition) is 3. The predicted molar refractivity (Wildman–Crippen MR) is 588 cm³/mol. The molecule has 0 atom stereocenters. The van der Waals surface area contributed by atoms with Crippen molar-refractivity contribution in [2.75, 3.05) is 9.80 Å². The second-order valence-electron chi connectivity index (χ2n) is 38.3. The molecule has 30 rings (SSSR count). The average Bonchev–Trinajstić information content (AvgIpc) is 1.50. The average molecular weight is 1800 g/mol. The Kier molecular flexibility index (Phi) is 18.6. The number of allylic oxidation sites excluding steroid dienone is 1. The number of anilines is 6. The van der Waals surface area contributed by atoms with Crippen molar-refractivity contribution >= 4 is 99.4 Å². The first-order valence-electron chi connectivity index (χ1n) is 48.9. The SMILES string of the molecule is CC1(C)C2=C(c3ccccc3N(c3cccc(-c4cc5ccccc5c5ccccc45)c3)c3ccccc32)c2ccccc21.c1cc(-c2cccc3ccccc23)cc(-n2c3c(c4ccccc42)-c2ccccc2Oc2ccccc2-3)c1.c1ccc(-n2c3c(c4ccccc42)-c2ccccc2N(c2cccc(-c4ccc5c(c4)C4(c6ccccc6-c6ccccc64)c4ccccc4-5)c2)c2ccccc2-3)cc1. The van der Waals surface area contributed by atoms with Crippen LogP contribution in [0, 0.1) is 0 Å². The smallest absolute Gasteiger partial charge is 0.136 e. The van der Waals surface area contributed by atoms with Gasteiger partial charge in [-0.1, -0.05) is 408 Å². The van der Waals surface area contributed by atoms with E-state index in [-0.39, 0.29) is 10.8 Å². The molecule has 6 aliphatic rings. The van der Waals surface area contributed by atoms with Crippen molar-refractivity contribution < 1.29 is 4.74 Å². The van der Waals surface area contributed by atoms with Crippen LogP contribution in [-0.4, -0.2) is 9.13 Å². The van der Waals surface area contributed by atoms with Crippen LogP contribution in [0.25, 0.3) is 177 Å². The summed E-state index contributed by atoms with van der Waals surface area (Å²) < 4.78 is 11.4. The Morgan fingerprint density at radius 2 is 0.582 bits per heavy atom. The monoisotopic (exact) mass is 1790 g/mol. The van der Waals surface area contributed by atoms with E-state index in [1.54, 1.807) is 0 Å². The maximum absolute atomic E-state index is 6.51. The highest BCUT2D eigenvalue weighted by Gasteiger charge is 2.52. The summed E-state index contributed by atoms with van der Waals surface area (Å²) in [4.78, 5) is 4.96. The molecule has 0 saturated heterocycles. The van der Waals surface area contributed by atoms with Crippen LogP contribution in [0.3, 0.4) is 0 Å². The Labute approximate surface area is 819 Å². The van der Waals surface area contributed by atoms with Gasteiger partial charge in [0.15, 0.2) is 0 Å². The highest BCUT2D eigenvalue weighted by molar-refractivity contribution is 6.18. The lowest BCUT2D eigenvalue weighted by molar-refractivity contribution is 0.487. The molecule has 2 aromatic heterocycles. The topological polar surface area (TPSA) is 25.6 Å². The van der Waals surface area contributed by atoms with Crippen LogP contribution in [0.2, 0.25) is 0 Å². The Bertz CT molecular complexity index is 9290. The molecule has 24 aromatic rings. The summed E-state index contributed by atoms with van der Waals surface area (Å²) in [6, 6.07) is 186. The molecule has 0 fully saturated rings. The molecule has 0 bridgehead atoms. The molecule has 3 aliphatic heterocycles. The molecule has 0 radical (unpaired) electrons. The van der Waals surface area contributed by atoms with E-state index >= 15 is 0 Å². The van der Waals surface area contributed by atoms with Gasteiger partial charge in [-0.3, -0.25) is 0 Å². The number of hydrogen-bond donors (Lipinski definition) is 0. The fourth-order valence-corrected chi connectivity index (χ4v) is 24.7. The fourth-order valence-electron chi connectivity index (χ4n) is 24.7. The maximum atomic E-state index is 6.51. The van der Waals surface area contributed by atoms with Gasteiger partial charge in [-0.05, 0) is 248 Å². The van der Waals surface area contributed by atoms with Gasteiger partial charge in [0, 0.05) is 83.4 Å². The molecule has 5 heterocycles. The third kappa shape index (κ3) is 12.4. The lowest BCUT2D eigenvalue weighted by atomic mass is 9.70. The minimum Gasteiger partial charge on any atom is -0.456 e. The molecule has 3 aliphatic carbocycles. The summed E-state index contributed by atoms with van der Waals surface area (Å²) >= 11 is 0. The molecule has 141 heavy (non-hydrogen) atoms. The van der Waals surface area contributed by atoms with Crippen LogP contribution < -0.4 is 14.5 Å². The van der Waals surface area contributed by atoms with Crippen molar-refractivity contribution in [1.29, 1.82) is 0 Å². The summed E-state index contributed by atoms with van der Waals surface area (Å²) in [5, 5.41) is 10.1. The van der Waals surface area contributed by atoms with E-state index in [9.17, 15) is 0 Å². The van der Waals surface area contributed by atoms with E-state index in [0.29, 0.717) is 0 Å². The minimum absolute atomic E-state index is 0.128. The van der Waals surface area contributed by atoms with Crippen LogP contribution >= 0.6 is 0 Å². The number of ether oxygens (including phenoxy) is 1. The Morgan fingerprint density at radius 1 is 0.199 bits per heavy atom. The van der Waals surface area contributed by atoms with Gasteiger partial charge in [-0.15, -0.1) is 0 Å². The normalized spacial score (nSPS) is 13.4. The van der Waals surface area contributed by atoms with Gasteiger partial charge >= 0.3 is 0 Å². The van der Waals surface area contributed by atoms with E-state index in [1.807, 2.05) is 12.1 Å². The summed E-state index contributed by atoms with van der Waals surface area (Å²) in [7, 11) is 0. The van der Waals surface area contributed by atoms with E-state index in [0.717, 1.165) is 62.4 Å². The van der Waals surface area contributed by atoms with Crippen molar-refractivity contribution in [1.82, 2.24) is 9.13 Å². The molecule has 1 spiro atoms. The van der Waals surface area contributed by atoms with E-state index < -0.39 is 0 Å². The molecule has 660 valence electrons. The quantitative estimate of drug-likeness (QED) is 0.149. The van der Waals surface area contributed by atoms with Crippen LogP contribution in [0.1, 0.15) is 58.4 Å². The number of nitrogens with zero attached hydrogens (tertiary/aromatic N) is 4. The fraction of sp³-hybridized carbons (Fsp3) is 0.0294. The Hall–Kier alpha value is -18.2. The molecule has 0 amide bonds. The number of para-hydroxylation sites is 9. The highest BCUT2D eigenvalue weighted by Crippen LogP contribution is 2.65. The summed E-state index contributed by atoms with van der Waals surface area (Å²) in [6.07, 6.45) is 0. The van der Waals surface area contributed by atoms with Crippen LogP contribution in [0.15, 0.2) is 510 Å². The molecule has 22 aromatic carbocycles. The standard InChI is InChI=1S/C57H36N2.C43H31N.C36H23NO/c1-2-18-39(19-3-1)59-53-31-14-8-25-46(53)55-45-24-7-13-30-52(45)58(54-32-15-9-26-47(54)56(55)59)40-20-16-17-37(35-40)38-33-34-44-43-23-6-12-29-50(43)57(51(44)36-38)48-27-10-4-21-41(48)42-22-5-11-28-49(42)57;1-43(2)38-23-10-7-20-34(38)41-35-21-8-11-24-39(35)44(40-25-12-9-22-36(40)42(41)43)30-16-13-15-28(26-30)37-27-29-14-3-4-17-31(29)32-18-5-6-19-33(32)37;1-2-15-27-24(11-1)12-10-19-28(27)25-13-9-14-26(23-25)37-32-20-6-3-16-29(32)35-30-17-4-7-21-33(30)38-34-22-8-5-18-31(34)36(35)37/h1-36H;3-27H,1-2H3;1-23H. The number of aromatic nitrogens is 2. The summed E-state index contributed by atoms with van der Waals surface area (Å²) in [5.41, 5.74) is 46.7. The molecular weight excluding hydrogens is 1710 g/mol. The van der Waals surface area contributed by atoms with Gasteiger partial charge in [0.2, 0.25) is 0 Å². The zero-order valence-electron chi connectivity index (χ0n) is 77.7.